The van der Waals surface area contributed by atoms with Crippen molar-refractivity contribution < 1.29 is 4.74 Å². The van der Waals surface area contributed by atoms with E-state index < -0.39 is 0 Å². The zero-order valence-electron chi connectivity index (χ0n) is 10.2. The predicted molar refractivity (Wildman–Crippen MR) is 82.1 cm³/mol. The van der Waals surface area contributed by atoms with E-state index in [4.69, 9.17) is 16.3 Å². The van der Waals surface area contributed by atoms with Gasteiger partial charge < -0.3 is 4.74 Å². The zero-order valence-corrected chi connectivity index (χ0v) is 13.4. The number of hydrogen-bond donors (Lipinski definition) is 0. The quantitative estimate of drug-likeness (QED) is 0.673. The maximum absolute atomic E-state index is 6.57. The van der Waals surface area contributed by atoms with E-state index in [0.29, 0.717) is 0 Å². The van der Waals surface area contributed by atoms with Crippen molar-refractivity contribution in [2.24, 2.45) is 0 Å². The summed E-state index contributed by atoms with van der Waals surface area (Å²) in [6.07, 6.45) is 1.05. The summed E-state index contributed by atoms with van der Waals surface area (Å²) in [5, 5.41) is -0.164. The number of thiophene rings is 1. The number of methoxy groups -OCH3 is 1. The Bertz CT molecular complexity index is 538. The highest BCUT2D eigenvalue weighted by Gasteiger charge is 2.17. The number of benzene rings is 1. The molecule has 1 aromatic heterocycles. The van der Waals surface area contributed by atoms with E-state index in [1.54, 1.807) is 18.4 Å². The fourth-order valence-corrected chi connectivity index (χ4v) is 3.48. The van der Waals surface area contributed by atoms with Gasteiger partial charge in [0.15, 0.2) is 0 Å². The molecule has 0 bridgehead atoms. The van der Waals surface area contributed by atoms with Gasteiger partial charge in [0.1, 0.15) is 5.75 Å². The molecule has 0 aliphatic rings. The molecule has 0 radical (unpaired) electrons. The molecule has 0 aliphatic heterocycles. The molecule has 1 unspecified atom stereocenters. The first-order valence-electron chi connectivity index (χ1n) is 5.71. The summed E-state index contributed by atoms with van der Waals surface area (Å²) in [4.78, 5) is 2.51. The van der Waals surface area contributed by atoms with Crippen LogP contribution in [0.2, 0.25) is 0 Å². The van der Waals surface area contributed by atoms with Crippen LogP contribution >= 0.6 is 38.9 Å². The number of hydrogen-bond acceptors (Lipinski definition) is 2. The smallest absolute Gasteiger partial charge is 0.124 e. The lowest BCUT2D eigenvalue weighted by Gasteiger charge is -2.13. The number of halogens is 2. The summed E-state index contributed by atoms with van der Waals surface area (Å²) in [7, 11) is 1.67. The van der Waals surface area contributed by atoms with Crippen molar-refractivity contribution in [1.29, 1.82) is 0 Å². The van der Waals surface area contributed by atoms with Gasteiger partial charge in [-0.05, 0) is 36.8 Å². The van der Waals surface area contributed by atoms with Gasteiger partial charge in [0.2, 0.25) is 0 Å². The molecule has 0 saturated carbocycles. The second-order valence-electron chi connectivity index (χ2n) is 3.91. The largest absolute Gasteiger partial charge is 0.496 e. The van der Waals surface area contributed by atoms with Crippen molar-refractivity contribution in [2.75, 3.05) is 7.11 Å². The van der Waals surface area contributed by atoms with Crippen LogP contribution in [0.15, 0.2) is 34.8 Å². The average molecular weight is 346 g/mol. The lowest BCUT2D eigenvalue weighted by Crippen LogP contribution is -1.95. The molecule has 4 heteroatoms. The van der Waals surface area contributed by atoms with E-state index >= 15 is 0 Å². The van der Waals surface area contributed by atoms with E-state index in [0.717, 1.165) is 27.1 Å². The van der Waals surface area contributed by atoms with Gasteiger partial charge in [-0.1, -0.05) is 22.9 Å². The second-order valence-corrected chi connectivity index (χ2v) is 6.46. The third-order valence-electron chi connectivity index (χ3n) is 2.75. The monoisotopic (exact) mass is 344 g/mol. The van der Waals surface area contributed by atoms with E-state index in [-0.39, 0.29) is 5.38 Å². The van der Waals surface area contributed by atoms with E-state index in [1.165, 1.54) is 4.88 Å². The van der Waals surface area contributed by atoms with Gasteiger partial charge in [0, 0.05) is 19.8 Å². The van der Waals surface area contributed by atoms with E-state index in [2.05, 4.69) is 35.0 Å². The Morgan fingerprint density at radius 3 is 2.72 bits per heavy atom. The van der Waals surface area contributed by atoms with Crippen molar-refractivity contribution in [2.45, 2.75) is 18.7 Å². The van der Waals surface area contributed by atoms with Gasteiger partial charge in [-0.3, -0.25) is 0 Å². The van der Waals surface area contributed by atoms with Crippen molar-refractivity contribution in [3.63, 3.8) is 0 Å². The molecule has 0 amide bonds. The van der Waals surface area contributed by atoms with Gasteiger partial charge in [0.25, 0.3) is 0 Å². The predicted octanol–water partition coefficient (Wildman–Crippen LogP) is 5.41. The lowest BCUT2D eigenvalue weighted by molar-refractivity contribution is 0.410. The minimum Gasteiger partial charge on any atom is -0.496 e. The fraction of sp³-hybridized carbons (Fsp3) is 0.286. The molecule has 18 heavy (non-hydrogen) atoms. The zero-order chi connectivity index (χ0) is 13.1. The van der Waals surface area contributed by atoms with Crippen LogP contribution in [0.3, 0.4) is 0 Å². The fourth-order valence-electron chi connectivity index (χ4n) is 1.78. The minimum absolute atomic E-state index is 0.164. The third-order valence-corrected chi connectivity index (χ3v) is 5.13. The summed E-state index contributed by atoms with van der Waals surface area (Å²) < 4.78 is 6.39. The van der Waals surface area contributed by atoms with E-state index in [1.807, 2.05) is 18.2 Å². The van der Waals surface area contributed by atoms with Gasteiger partial charge in [-0.2, -0.15) is 0 Å². The molecule has 1 atom stereocenters. The number of ether oxygens (including phenoxy) is 1. The average Bonchev–Trinajstić information content (AvgIpc) is 2.86. The Balaban J connectivity index is 2.38. The van der Waals surface area contributed by atoms with Crippen molar-refractivity contribution >= 4 is 38.9 Å². The normalized spacial score (nSPS) is 12.4. The van der Waals surface area contributed by atoms with Crippen LogP contribution in [0.1, 0.15) is 27.6 Å². The summed E-state index contributed by atoms with van der Waals surface area (Å²) in [5.41, 5.74) is 0.998. The molecule has 2 aromatic rings. The first kappa shape index (κ1) is 13.9. The molecule has 96 valence electrons. The van der Waals surface area contributed by atoms with Crippen LogP contribution in [0.5, 0.6) is 5.75 Å². The minimum atomic E-state index is -0.164. The Morgan fingerprint density at radius 1 is 1.33 bits per heavy atom. The number of alkyl halides is 1. The van der Waals surface area contributed by atoms with Gasteiger partial charge in [-0.15, -0.1) is 22.9 Å². The maximum Gasteiger partial charge on any atom is 0.124 e. The molecule has 0 saturated heterocycles. The Hall–Kier alpha value is -0.510. The number of rotatable bonds is 4. The topological polar surface area (TPSA) is 9.23 Å². The summed E-state index contributed by atoms with van der Waals surface area (Å²) >= 11 is 11.8. The molecular formula is C14H14BrClOS. The standard InChI is InChI=1S/C14H14BrClOS/c1-3-10-5-7-13(18-10)14(16)11-8-9(15)4-6-12(11)17-2/h4-8,14H,3H2,1-2H3. The second kappa shape index (κ2) is 6.09. The van der Waals surface area contributed by atoms with Crippen LogP contribution in [0, 0.1) is 0 Å². The van der Waals surface area contributed by atoms with E-state index in [9.17, 15) is 0 Å². The van der Waals surface area contributed by atoms with Crippen LogP contribution < -0.4 is 4.74 Å². The maximum atomic E-state index is 6.57. The molecule has 0 N–H and O–H groups in total. The summed E-state index contributed by atoms with van der Waals surface area (Å²) in [6, 6.07) is 10.1. The van der Waals surface area contributed by atoms with Gasteiger partial charge in [-0.25, -0.2) is 0 Å². The van der Waals surface area contributed by atoms with Crippen LogP contribution in [-0.4, -0.2) is 7.11 Å². The summed E-state index contributed by atoms with van der Waals surface area (Å²) in [6.45, 7) is 2.15. The molecule has 1 heterocycles. The molecule has 1 aromatic carbocycles. The molecule has 0 aliphatic carbocycles. The molecular weight excluding hydrogens is 332 g/mol. The number of aryl methyl sites for hydroxylation is 1. The molecule has 1 nitrogen and oxygen atoms in total. The summed E-state index contributed by atoms with van der Waals surface area (Å²) in [5.74, 6) is 0.824. The third kappa shape index (κ3) is 2.90. The van der Waals surface area contributed by atoms with Gasteiger partial charge in [0.05, 0.1) is 12.5 Å². The van der Waals surface area contributed by atoms with Crippen molar-refractivity contribution in [3.8, 4) is 5.75 Å². The van der Waals surface area contributed by atoms with Crippen molar-refractivity contribution in [3.05, 3.63) is 50.1 Å². The Morgan fingerprint density at radius 2 is 2.11 bits per heavy atom. The Kier molecular flexibility index (Phi) is 4.71. The SMILES string of the molecule is CCc1ccc(C(Cl)c2cc(Br)ccc2OC)s1. The Labute approximate surface area is 125 Å². The van der Waals surface area contributed by atoms with Crippen LogP contribution in [-0.2, 0) is 6.42 Å². The first-order valence-corrected chi connectivity index (χ1v) is 7.76. The van der Waals surface area contributed by atoms with Crippen molar-refractivity contribution in [1.82, 2.24) is 0 Å². The lowest BCUT2D eigenvalue weighted by atomic mass is 10.1. The van der Waals surface area contributed by atoms with Gasteiger partial charge >= 0.3 is 0 Å². The highest BCUT2D eigenvalue weighted by molar-refractivity contribution is 9.10. The highest BCUT2D eigenvalue weighted by Crippen LogP contribution is 2.39. The molecule has 0 fully saturated rings. The first-order chi connectivity index (χ1) is 8.65. The molecule has 0 spiro atoms. The van der Waals surface area contributed by atoms with Crippen LogP contribution in [0.25, 0.3) is 0 Å². The highest BCUT2D eigenvalue weighted by atomic mass is 79.9. The van der Waals surface area contributed by atoms with Crippen LogP contribution in [0.4, 0.5) is 0 Å². The molecule has 2 rings (SSSR count).